The molecule has 0 radical (unpaired) electrons. The summed E-state index contributed by atoms with van der Waals surface area (Å²) in [4.78, 5) is 15.0. The zero-order valence-corrected chi connectivity index (χ0v) is 21.8. The molecule has 186 valence electrons. The van der Waals surface area contributed by atoms with Crippen molar-refractivity contribution in [3.63, 3.8) is 0 Å². The first-order chi connectivity index (χ1) is 19.2. The third-order valence-corrected chi connectivity index (χ3v) is 7.43. The lowest BCUT2D eigenvalue weighted by Gasteiger charge is -2.14. The van der Waals surface area contributed by atoms with Gasteiger partial charge in [-0.1, -0.05) is 109 Å². The van der Waals surface area contributed by atoms with Crippen molar-refractivity contribution in [3.8, 4) is 39.9 Å². The molecule has 0 atom stereocenters. The summed E-state index contributed by atoms with van der Waals surface area (Å²) in [6.45, 7) is 4.40. The molecule has 0 amide bonds. The van der Waals surface area contributed by atoms with Gasteiger partial charge in [-0.05, 0) is 48.2 Å². The van der Waals surface area contributed by atoms with Crippen LogP contribution < -0.4 is 0 Å². The third kappa shape index (κ3) is 3.89. The third-order valence-electron chi connectivity index (χ3n) is 7.43. The molecule has 0 spiro atoms. The lowest BCUT2D eigenvalue weighted by Crippen LogP contribution is -2.06. The fraction of sp³-hybridized carbons (Fsp3) is 0.0571. The van der Waals surface area contributed by atoms with E-state index in [2.05, 4.69) is 79.1 Å². The molecule has 7 rings (SSSR count). The summed E-state index contributed by atoms with van der Waals surface area (Å²) in [7, 11) is 0. The number of hydrogen-bond donors (Lipinski definition) is 0. The summed E-state index contributed by atoms with van der Waals surface area (Å²) in [5.74, 6) is 1.91. The van der Waals surface area contributed by atoms with Crippen molar-refractivity contribution >= 4 is 21.8 Å². The smallest absolute Gasteiger partial charge is 0.238 e. The maximum atomic E-state index is 5.07. The Morgan fingerprint density at radius 2 is 1.03 bits per heavy atom. The topological polar surface area (TPSA) is 43.6 Å². The Kier molecular flexibility index (Phi) is 5.52. The number of aromatic nitrogens is 4. The van der Waals surface area contributed by atoms with Crippen LogP contribution in [0, 0.1) is 13.8 Å². The monoisotopic (exact) mass is 502 g/mol. The summed E-state index contributed by atoms with van der Waals surface area (Å²) in [5, 5.41) is 2.39. The molecular weight excluding hydrogens is 476 g/mol. The van der Waals surface area contributed by atoms with Crippen molar-refractivity contribution in [2.75, 3.05) is 0 Å². The summed E-state index contributed by atoms with van der Waals surface area (Å²) in [5.41, 5.74) is 9.03. The normalized spacial score (nSPS) is 11.3. The second-order valence-electron chi connectivity index (χ2n) is 9.82. The first kappa shape index (κ1) is 23.1. The Hall–Kier alpha value is -5.09. The highest BCUT2D eigenvalue weighted by Crippen LogP contribution is 2.41. The van der Waals surface area contributed by atoms with Gasteiger partial charge in [-0.2, -0.15) is 9.97 Å². The van der Waals surface area contributed by atoms with Crippen LogP contribution in [0.5, 0.6) is 0 Å². The number of benzene rings is 5. The SMILES string of the molecule is Cc1cc2c(c(-c3ccccc3)c1C)c1ccccc1n2-c1nc(-c2ccccc2)nc(-c2ccccc2)n1. The van der Waals surface area contributed by atoms with Crippen molar-refractivity contribution in [3.05, 3.63) is 132 Å². The average molecular weight is 503 g/mol. The number of nitrogens with zero attached hydrogens (tertiary/aromatic N) is 4. The van der Waals surface area contributed by atoms with E-state index < -0.39 is 0 Å². The maximum absolute atomic E-state index is 5.07. The van der Waals surface area contributed by atoms with Crippen molar-refractivity contribution in [1.29, 1.82) is 0 Å². The molecule has 2 heterocycles. The van der Waals surface area contributed by atoms with Gasteiger partial charge in [0.05, 0.1) is 11.0 Å². The minimum atomic E-state index is 0.608. The van der Waals surface area contributed by atoms with Gasteiger partial charge in [-0.25, -0.2) is 4.98 Å². The number of fused-ring (bicyclic) bond motifs is 3. The quantitative estimate of drug-likeness (QED) is 0.242. The fourth-order valence-electron chi connectivity index (χ4n) is 5.44. The molecule has 4 nitrogen and oxygen atoms in total. The van der Waals surface area contributed by atoms with Gasteiger partial charge in [-0.3, -0.25) is 4.57 Å². The van der Waals surface area contributed by atoms with Crippen molar-refractivity contribution in [2.45, 2.75) is 13.8 Å². The Morgan fingerprint density at radius 3 is 1.62 bits per heavy atom. The summed E-state index contributed by atoms with van der Waals surface area (Å²) < 4.78 is 2.20. The molecule has 0 saturated heterocycles. The van der Waals surface area contributed by atoms with Crippen LogP contribution in [0.15, 0.2) is 121 Å². The second-order valence-corrected chi connectivity index (χ2v) is 9.82. The van der Waals surface area contributed by atoms with Crippen LogP contribution in [0.1, 0.15) is 11.1 Å². The molecule has 4 heteroatoms. The molecule has 7 aromatic rings. The molecule has 0 aliphatic rings. The van der Waals surface area contributed by atoms with Crippen molar-refractivity contribution in [2.24, 2.45) is 0 Å². The molecular formula is C35H26N4. The Balaban J connectivity index is 1.60. The Bertz CT molecular complexity index is 1900. The van der Waals surface area contributed by atoms with E-state index in [-0.39, 0.29) is 0 Å². The van der Waals surface area contributed by atoms with Crippen molar-refractivity contribution < 1.29 is 0 Å². The average Bonchev–Trinajstić information content (AvgIpc) is 3.32. The van der Waals surface area contributed by atoms with E-state index >= 15 is 0 Å². The van der Waals surface area contributed by atoms with Crippen LogP contribution in [0.3, 0.4) is 0 Å². The molecule has 5 aromatic carbocycles. The maximum Gasteiger partial charge on any atom is 0.238 e. The number of rotatable bonds is 4. The van der Waals surface area contributed by atoms with Crippen LogP contribution >= 0.6 is 0 Å². The zero-order chi connectivity index (χ0) is 26.3. The lowest BCUT2D eigenvalue weighted by atomic mass is 9.92. The van der Waals surface area contributed by atoms with E-state index in [4.69, 9.17) is 15.0 Å². The molecule has 0 aliphatic carbocycles. The van der Waals surface area contributed by atoms with Crippen molar-refractivity contribution in [1.82, 2.24) is 19.5 Å². The van der Waals surface area contributed by atoms with E-state index in [1.165, 1.54) is 33.0 Å². The predicted molar refractivity (Wildman–Crippen MR) is 160 cm³/mol. The van der Waals surface area contributed by atoms with Crippen LogP contribution in [-0.4, -0.2) is 19.5 Å². The van der Waals surface area contributed by atoms with E-state index in [0.29, 0.717) is 17.6 Å². The van der Waals surface area contributed by atoms with Gasteiger partial charge in [-0.15, -0.1) is 0 Å². The van der Waals surface area contributed by atoms with Gasteiger partial charge in [0.1, 0.15) is 0 Å². The molecule has 0 saturated carbocycles. The summed E-state index contributed by atoms with van der Waals surface area (Å²) in [6.07, 6.45) is 0. The van der Waals surface area contributed by atoms with Gasteiger partial charge < -0.3 is 0 Å². The van der Waals surface area contributed by atoms with Crippen LogP contribution in [0.2, 0.25) is 0 Å². The first-order valence-corrected chi connectivity index (χ1v) is 13.1. The molecule has 2 aromatic heterocycles. The van der Waals surface area contributed by atoms with Gasteiger partial charge in [0.15, 0.2) is 11.6 Å². The molecule has 0 bridgehead atoms. The van der Waals surface area contributed by atoms with Gasteiger partial charge in [0.2, 0.25) is 5.95 Å². The van der Waals surface area contributed by atoms with Gasteiger partial charge in [0, 0.05) is 21.9 Å². The molecule has 39 heavy (non-hydrogen) atoms. The standard InChI is InChI=1S/C35H26N4/c1-23-22-30-32(31(24(23)2)25-14-6-3-7-15-25)28-20-12-13-21-29(28)39(30)35-37-33(26-16-8-4-9-17-26)36-34(38-35)27-18-10-5-11-19-27/h3-22H,1-2H3. The van der Waals surface area contributed by atoms with E-state index in [1.54, 1.807) is 0 Å². The van der Waals surface area contributed by atoms with Crippen LogP contribution in [0.4, 0.5) is 0 Å². The number of aryl methyl sites for hydroxylation is 1. The minimum absolute atomic E-state index is 0.608. The molecule has 0 unspecified atom stereocenters. The van der Waals surface area contributed by atoms with Gasteiger partial charge >= 0.3 is 0 Å². The van der Waals surface area contributed by atoms with E-state index in [0.717, 1.165) is 22.2 Å². The molecule has 0 N–H and O–H groups in total. The predicted octanol–water partition coefficient (Wildman–Crippen LogP) is 8.59. The van der Waals surface area contributed by atoms with E-state index in [9.17, 15) is 0 Å². The second kappa shape index (κ2) is 9.34. The zero-order valence-electron chi connectivity index (χ0n) is 21.8. The van der Waals surface area contributed by atoms with Crippen LogP contribution in [0.25, 0.3) is 61.7 Å². The first-order valence-electron chi connectivity index (χ1n) is 13.1. The lowest BCUT2D eigenvalue weighted by molar-refractivity contribution is 0.953. The highest BCUT2D eigenvalue weighted by molar-refractivity contribution is 6.16. The Morgan fingerprint density at radius 1 is 0.513 bits per heavy atom. The minimum Gasteiger partial charge on any atom is -0.278 e. The summed E-state index contributed by atoms with van der Waals surface area (Å²) in [6, 6.07) is 41.7. The molecule has 0 fully saturated rings. The fourth-order valence-corrected chi connectivity index (χ4v) is 5.44. The number of para-hydroxylation sites is 1. The highest BCUT2D eigenvalue weighted by atomic mass is 15.2. The van der Waals surface area contributed by atoms with E-state index in [1.807, 2.05) is 60.7 Å². The van der Waals surface area contributed by atoms with Gasteiger partial charge in [0.25, 0.3) is 0 Å². The molecule has 0 aliphatic heterocycles. The largest absolute Gasteiger partial charge is 0.278 e. The highest BCUT2D eigenvalue weighted by Gasteiger charge is 2.21. The number of hydrogen-bond acceptors (Lipinski definition) is 3. The Labute approximate surface area is 227 Å². The summed E-state index contributed by atoms with van der Waals surface area (Å²) >= 11 is 0. The van der Waals surface area contributed by atoms with Crippen LogP contribution in [-0.2, 0) is 0 Å².